The van der Waals surface area contributed by atoms with Crippen LogP contribution in [0.1, 0.15) is 15.9 Å². The maximum absolute atomic E-state index is 12.2. The van der Waals surface area contributed by atoms with E-state index in [9.17, 15) is 4.79 Å². The molecule has 0 aliphatic carbocycles. The molecule has 2 heterocycles. The number of aromatic nitrogens is 2. The number of hydrogen-bond acceptors (Lipinski definition) is 6. The molecule has 1 N–H and O–H groups in total. The summed E-state index contributed by atoms with van der Waals surface area (Å²) in [4.78, 5) is 25.3. The van der Waals surface area contributed by atoms with Crippen molar-refractivity contribution in [3.05, 3.63) is 47.8 Å². The molecule has 24 heavy (non-hydrogen) atoms. The largest absolute Gasteiger partial charge is 0.338 e. The Morgan fingerprint density at radius 2 is 1.92 bits per heavy atom. The van der Waals surface area contributed by atoms with Crippen LogP contribution >= 0.6 is 0 Å². The predicted molar refractivity (Wildman–Crippen MR) is 90.9 cm³/mol. The molecule has 1 aliphatic rings. The molecule has 2 aromatic rings. The zero-order valence-corrected chi connectivity index (χ0v) is 13.4. The molecule has 1 saturated heterocycles. The second-order valence-corrected chi connectivity index (χ2v) is 5.71. The van der Waals surface area contributed by atoms with E-state index >= 15 is 0 Å². The lowest BCUT2D eigenvalue weighted by Gasteiger charge is -2.32. The lowest BCUT2D eigenvalue weighted by Crippen LogP contribution is -2.45. The number of hydrogen-bond donors (Lipinski definition) is 1. The van der Waals surface area contributed by atoms with Gasteiger partial charge in [-0.25, -0.2) is 9.97 Å². The molecule has 0 atom stereocenters. The van der Waals surface area contributed by atoms with Crippen LogP contribution in [-0.2, 0) is 0 Å². The van der Waals surface area contributed by atoms with Gasteiger partial charge in [0.15, 0.2) is 0 Å². The summed E-state index contributed by atoms with van der Waals surface area (Å²) in [6, 6.07) is 8.57. The lowest BCUT2D eigenvalue weighted by atomic mass is 10.1. The van der Waals surface area contributed by atoms with Crippen molar-refractivity contribution in [3.63, 3.8) is 0 Å². The summed E-state index contributed by atoms with van der Waals surface area (Å²) in [7, 11) is 2.10. The number of rotatable bonds is 3. The minimum atomic E-state index is -0.289. The van der Waals surface area contributed by atoms with Crippen molar-refractivity contribution in [2.75, 3.05) is 43.4 Å². The Morgan fingerprint density at radius 3 is 2.58 bits per heavy atom. The third-order valence-corrected chi connectivity index (χ3v) is 3.94. The van der Waals surface area contributed by atoms with E-state index < -0.39 is 0 Å². The number of anilines is 2. The molecule has 1 amide bonds. The van der Waals surface area contributed by atoms with Gasteiger partial charge in [-0.3, -0.25) is 4.79 Å². The standard InChI is InChI=1S/C17H18N6O/c1-22-5-7-23(8-6-22)17-19-11-15(12-20-17)21-16(24)14-4-2-3-13(9-14)10-18/h2-4,9,11-12H,5-8H2,1H3,(H,21,24). The monoisotopic (exact) mass is 322 g/mol. The molecule has 1 aromatic heterocycles. The minimum Gasteiger partial charge on any atom is -0.338 e. The summed E-state index contributed by atoms with van der Waals surface area (Å²) >= 11 is 0. The van der Waals surface area contributed by atoms with Gasteiger partial charge in [-0.2, -0.15) is 5.26 Å². The molecular formula is C17H18N6O. The molecule has 0 spiro atoms. The van der Waals surface area contributed by atoms with E-state index in [2.05, 4.69) is 32.1 Å². The van der Waals surface area contributed by atoms with Gasteiger partial charge in [0.25, 0.3) is 5.91 Å². The van der Waals surface area contributed by atoms with E-state index in [1.165, 1.54) is 0 Å². The SMILES string of the molecule is CN1CCN(c2ncc(NC(=O)c3cccc(C#N)c3)cn2)CC1. The van der Waals surface area contributed by atoms with Crippen LogP contribution in [0, 0.1) is 11.3 Å². The molecule has 3 rings (SSSR count). The highest BCUT2D eigenvalue weighted by atomic mass is 16.1. The Hall–Kier alpha value is -2.98. The molecule has 0 bridgehead atoms. The van der Waals surface area contributed by atoms with Crippen LogP contribution < -0.4 is 10.2 Å². The van der Waals surface area contributed by atoms with Crippen molar-refractivity contribution >= 4 is 17.5 Å². The normalized spacial score (nSPS) is 14.9. The first-order valence-electron chi connectivity index (χ1n) is 7.73. The first-order chi connectivity index (χ1) is 11.7. The molecular weight excluding hydrogens is 304 g/mol. The van der Waals surface area contributed by atoms with E-state index in [0.29, 0.717) is 22.8 Å². The summed E-state index contributed by atoms with van der Waals surface area (Å²) in [6.07, 6.45) is 3.21. The highest BCUT2D eigenvalue weighted by molar-refractivity contribution is 6.04. The molecule has 7 nitrogen and oxygen atoms in total. The minimum absolute atomic E-state index is 0.289. The zero-order valence-electron chi connectivity index (χ0n) is 13.4. The van der Waals surface area contributed by atoms with Gasteiger partial charge in [0, 0.05) is 31.7 Å². The van der Waals surface area contributed by atoms with Gasteiger partial charge in [-0.15, -0.1) is 0 Å². The Kier molecular flexibility index (Phi) is 4.68. The van der Waals surface area contributed by atoms with Crippen LogP contribution in [0.25, 0.3) is 0 Å². The fraction of sp³-hybridized carbons (Fsp3) is 0.294. The second-order valence-electron chi connectivity index (χ2n) is 5.71. The number of piperazine rings is 1. The van der Waals surface area contributed by atoms with Crippen LogP contribution in [0.4, 0.5) is 11.6 Å². The summed E-state index contributed by atoms with van der Waals surface area (Å²) in [6.45, 7) is 3.75. The smallest absolute Gasteiger partial charge is 0.255 e. The molecule has 0 unspecified atom stereocenters. The maximum atomic E-state index is 12.2. The van der Waals surface area contributed by atoms with Crippen LogP contribution in [-0.4, -0.2) is 54.0 Å². The third kappa shape index (κ3) is 3.67. The Morgan fingerprint density at radius 1 is 1.21 bits per heavy atom. The average molecular weight is 322 g/mol. The van der Waals surface area contributed by atoms with Crippen molar-refractivity contribution < 1.29 is 4.79 Å². The third-order valence-electron chi connectivity index (χ3n) is 3.94. The quantitative estimate of drug-likeness (QED) is 0.918. The highest BCUT2D eigenvalue weighted by Gasteiger charge is 2.16. The van der Waals surface area contributed by atoms with Crippen molar-refractivity contribution in [2.24, 2.45) is 0 Å². The molecule has 1 fully saturated rings. The van der Waals surface area contributed by atoms with Gasteiger partial charge in [-0.1, -0.05) is 6.07 Å². The van der Waals surface area contributed by atoms with Gasteiger partial charge in [0.2, 0.25) is 5.95 Å². The van der Waals surface area contributed by atoms with Crippen molar-refractivity contribution in [2.45, 2.75) is 0 Å². The van der Waals surface area contributed by atoms with Gasteiger partial charge in [0.05, 0.1) is 29.7 Å². The summed E-state index contributed by atoms with van der Waals surface area (Å²) in [5.41, 5.74) is 1.40. The maximum Gasteiger partial charge on any atom is 0.255 e. The number of amides is 1. The van der Waals surface area contributed by atoms with Crippen LogP contribution in [0.15, 0.2) is 36.7 Å². The first kappa shape index (κ1) is 15.9. The number of carbonyl (C=O) groups excluding carboxylic acids is 1. The van der Waals surface area contributed by atoms with Crippen LogP contribution in [0.5, 0.6) is 0 Å². The van der Waals surface area contributed by atoms with Gasteiger partial charge in [0.1, 0.15) is 0 Å². The number of benzene rings is 1. The molecule has 1 aliphatic heterocycles. The Labute approximate surface area is 140 Å². The van der Waals surface area contributed by atoms with Crippen molar-refractivity contribution in [3.8, 4) is 6.07 Å². The Balaban J connectivity index is 1.65. The van der Waals surface area contributed by atoms with Gasteiger partial charge >= 0.3 is 0 Å². The average Bonchev–Trinajstić information content (AvgIpc) is 2.63. The second kappa shape index (κ2) is 7.06. The van der Waals surface area contributed by atoms with Crippen molar-refractivity contribution in [1.29, 1.82) is 5.26 Å². The van der Waals surface area contributed by atoms with E-state index in [1.54, 1.807) is 36.7 Å². The summed E-state index contributed by atoms with van der Waals surface area (Å²) in [5.74, 6) is 0.385. The number of nitrogens with one attached hydrogen (secondary N) is 1. The van der Waals surface area contributed by atoms with E-state index in [1.807, 2.05) is 6.07 Å². The van der Waals surface area contributed by atoms with Crippen molar-refractivity contribution in [1.82, 2.24) is 14.9 Å². The number of nitriles is 1. The highest BCUT2D eigenvalue weighted by Crippen LogP contribution is 2.13. The van der Waals surface area contributed by atoms with Gasteiger partial charge in [-0.05, 0) is 25.2 Å². The van der Waals surface area contributed by atoms with Crippen LogP contribution in [0.3, 0.4) is 0 Å². The predicted octanol–water partition coefficient (Wildman–Crippen LogP) is 1.35. The molecule has 0 radical (unpaired) electrons. The molecule has 7 heteroatoms. The van der Waals surface area contributed by atoms with E-state index in [0.717, 1.165) is 26.2 Å². The number of nitrogens with zero attached hydrogens (tertiary/aromatic N) is 5. The summed E-state index contributed by atoms with van der Waals surface area (Å²) < 4.78 is 0. The molecule has 122 valence electrons. The summed E-state index contributed by atoms with van der Waals surface area (Å²) in [5, 5.41) is 11.6. The fourth-order valence-corrected chi connectivity index (χ4v) is 2.49. The molecule has 0 saturated carbocycles. The van der Waals surface area contributed by atoms with E-state index in [-0.39, 0.29) is 5.91 Å². The van der Waals surface area contributed by atoms with E-state index in [4.69, 9.17) is 5.26 Å². The fourth-order valence-electron chi connectivity index (χ4n) is 2.49. The number of carbonyl (C=O) groups is 1. The lowest BCUT2D eigenvalue weighted by molar-refractivity contribution is 0.102. The van der Waals surface area contributed by atoms with Crippen LogP contribution in [0.2, 0.25) is 0 Å². The number of likely N-dealkylation sites (N-methyl/N-ethyl adjacent to an activating group) is 1. The Bertz CT molecular complexity index is 759. The first-order valence-corrected chi connectivity index (χ1v) is 7.73. The topological polar surface area (TPSA) is 85.1 Å². The zero-order chi connectivity index (χ0) is 16.9. The van der Waals surface area contributed by atoms with Gasteiger partial charge < -0.3 is 15.1 Å². The molecule has 1 aromatic carbocycles.